The van der Waals surface area contributed by atoms with Gasteiger partial charge in [-0.1, -0.05) is 0 Å². The molecule has 2 aliphatic rings. The van der Waals surface area contributed by atoms with Crippen molar-refractivity contribution in [2.75, 3.05) is 25.1 Å². The van der Waals surface area contributed by atoms with Crippen LogP contribution >= 0.6 is 0 Å². The molecule has 0 aromatic carbocycles. The molecule has 1 atom stereocenters. The van der Waals surface area contributed by atoms with Gasteiger partial charge < -0.3 is 4.90 Å². The van der Waals surface area contributed by atoms with Crippen LogP contribution in [0.4, 0.5) is 0 Å². The Morgan fingerprint density at radius 3 is 2.82 bits per heavy atom. The van der Waals surface area contributed by atoms with Gasteiger partial charge in [0.25, 0.3) is 0 Å². The van der Waals surface area contributed by atoms with E-state index in [-0.39, 0.29) is 30.0 Å². The van der Waals surface area contributed by atoms with Crippen LogP contribution in [-0.2, 0) is 27.7 Å². The molecule has 0 bridgehead atoms. The summed E-state index contributed by atoms with van der Waals surface area (Å²) in [6.45, 7) is 3.42. The predicted octanol–water partition coefficient (Wildman–Crippen LogP) is 0.351. The first-order valence-corrected chi connectivity index (χ1v) is 9.29. The Hall–Kier alpha value is -1.47. The van der Waals surface area contributed by atoms with Gasteiger partial charge in [0.1, 0.15) is 0 Å². The first-order chi connectivity index (χ1) is 10.3. The molecule has 6 nitrogen and oxygen atoms in total. The van der Waals surface area contributed by atoms with E-state index in [2.05, 4.69) is 4.98 Å². The molecule has 2 aliphatic heterocycles. The van der Waals surface area contributed by atoms with E-state index in [1.165, 1.54) is 0 Å². The summed E-state index contributed by atoms with van der Waals surface area (Å²) in [5.74, 6) is 0.441. The maximum atomic E-state index is 12.4. The third-order valence-corrected chi connectivity index (χ3v) is 6.26. The highest BCUT2D eigenvalue weighted by Crippen LogP contribution is 2.23. The molecule has 1 saturated heterocycles. The van der Waals surface area contributed by atoms with Gasteiger partial charge >= 0.3 is 0 Å². The number of nitrogens with zero attached hydrogens (tertiary/aromatic N) is 3. The highest BCUT2D eigenvalue weighted by molar-refractivity contribution is 7.91. The van der Waals surface area contributed by atoms with Crippen molar-refractivity contribution in [3.05, 3.63) is 29.1 Å². The molecule has 0 N–H and O–H groups in total. The van der Waals surface area contributed by atoms with Gasteiger partial charge in [-0.05, 0) is 37.6 Å². The topological polar surface area (TPSA) is 70.6 Å². The van der Waals surface area contributed by atoms with Gasteiger partial charge in [-0.25, -0.2) is 8.42 Å². The minimum Gasteiger partial charge on any atom is -0.333 e. The van der Waals surface area contributed by atoms with Crippen LogP contribution in [0.2, 0.25) is 0 Å². The number of hydrogen-bond acceptors (Lipinski definition) is 5. The van der Waals surface area contributed by atoms with Crippen molar-refractivity contribution in [1.82, 2.24) is 14.8 Å². The first kappa shape index (κ1) is 15.4. The standard InChI is InChI=1S/C15H21N3O3S/c1-11-5-12-7-18(8-13(12)6-16-11)15(19)9-17(2)14-3-4-22(20,21)10-14/h5-6,14H,3-4,7-10H2,1-2H3/t14-/m1/s1. The molecule has 120 valence electrons. The highest BCUT2D eigenvalue weighted by Gasteiger charge is 2.32. The lowest BCUT2D eigenvalue weighted by molar-refractivity contribution is -0.133. The second kappa shape index (κ2) is 5.62. The quantitative estimate of drug-likeness (QED) is 0.803. The normalized spacial score (nSPS) is 23.0. The van der Waals surface area contributed by atoms with E-state index in [1.807, 2.05) is 36.0 Å². The first-order valence-electron chi connectivity index (χ1n) is 7.47. The van der Waals surface area contributed by atoms with Crippen LogP contribution in [0.1, 0.15) is 23.2 Å². The van der Waals surface area contributed by atoms with Crippen LogP contribution in [0.25, 0.3) is 0 Å². The van der Waals surface area contributed by atoms with Gasteiger partial charge in [-0.15, -0.1) is 0 Å². The molecular weight excluding hydrogens is 302 g/mol. The number of aryl methyl sites for hydroxylation is 1. The van der Waals surface area contributed by atoms with Gasteiger partial charge in [0.15, 0.2) is 9.84 Å². The largest absolute Gasteiger partial charge is 0.333 e. The molecule has 22 heavy (non-hydrogen) atoms. The van der Waals surface area contributed by atoms with Crippen molar-refractivity contribution < 1.29 is 13.2 Å². The number of hydrogen-bond donors (Lipinski definition) is 0. The molecule has 0 unspecified atom stereocenters. The summed E-state index contributed by atoms with van der Waals surface area (Å²) in [6.07, 6.45) is 2.46. The number of pyridine rings is 1. The molecule has 1 fully saturated rings. The summed E-state index contributed by atoms with van der Waals surface area (Å²) in [6, 6.07) is 1.98. The summed E-state index contributed by atoms with van der Waals surface area (Å²) < 4.78 is 23.1. The fourth-order valence-electron chi connectivity index (χ4n) is 3.14. The number of aromatic nitrogens is 1. The number of fused-ring (bicyclic) bond motifs is 1. The van der Waals surface area contributed by atoms with Crippen molar-refractivity contribution in [1.29, 1.82) is 0 Å². The number of carbonyl (C=O) groups excluding carboxylic acids is 1. The van der Waals surface area contributed by atoms with E-state index in [4.69, 9.17) is 0 Å². The smallest absolute Gasteiger partial charge is 0.237 e. The maximum Gasteiger partial charge on any atom is 0.237 e. The molecule has 1 aromatic heterocycles. The van der Waals surface area contributed by atoms with Gasteiger partial charge in [0.2, 0.25) is 5.91 Å². The monoisotopic (exact) mass is 323 g/mol. The average molecular weight is 323 g/mol. The molecule has 0 aliphatic carbocycles. The number of likely N-dealkylation sites (N-methyl/N-ethyl adjacent to an activating group) is 1. The summed E-state index contributed by atoms with van der Waals surface area (Å²) >= 11 is 0. The Labute approximate surface area is 131 Å². The molecule has 0 saturated carbocycles. The molecule has 0 spiro atoms. The SMILES string of the molecule is Cc1cc2c(cn1)CN(C(=O)CN(C)[C@@H]1CCS(=O)(=O)C1)C2. The number of rotatable bonds is 3. The molecule has 1 amide bonds. The zero-order chi connectivity index (χ0) is 15.9. The summed E-state index contributed by atoms with van der Waals surface area (Å²) in [7, 11) is -1.09. The molecule has 7 heteroatoms. The third-order valence-electron chi connectivity index (χ3n) is 4.51. The Bertz CT molecular complexity index is 702. The van der Waals surface area contributed by atoms with E-state index in [0.717, 1.165) is 16.8 Å². The van der Waals surface area contributed by atoms with E-state index in [9.17, 15) is 13.2 Å². The molecule has 3 heterocycles. The second-order valence-electron chi connectivity index (χ2n) is 6.32. The molecule has 0 radical (unpaired) electrons. The molecule has 1 aromatic rings. The lowest BCUT2D eigenvalue weighted by atomic mass is 10.2. The van der Waals surface area contributed by atoms with Crippen LogP contribution in [0, 0.1) is 6.92 Å². The van der Waals surface area contributed by atoms with Crippen LogP contribution in [0.5, 0.6) is 0 Å². The van der Waals surface area contributed by atoms with Crippen LogP contribution in [-0.4, -0.2) is 60.2 Å². The Balaban J connectivity index is 1.60. The summed E-state index contributed by atoms with van der Waals surface area (Å²) in [5.41, 5.74) is 3.22. The minimum atomic E-state index is -2.92. The van der Waals surface area contributed by atoms with Crippen molar-refractivity contribution in [2.45, 2.75) is 32.5 Å². The Morgan fingerprint density at radius 2 is 2.14 bits per heavy atom. The number of sulfone groups is 1. The van der Waals surface area contributed by atoms with E-state index in [0.29, 0.717) is 19.5 Å². The minimum absolute atomic E-state index is 0.0390. The van der Waals surface area contributed by atoms with Crippen molar-refractivity contribution >= 4 is 15.7 Å². The van der Waals surface area contributed by atoms with Gasteiger partial charge in [-0.2, -0.15) is 0 Å². The van der Waals surface area contributed by atoms with Crippen molar-refractivity contribution in [2.24, 2.45) is 0 Å². The van der Waals surface area contributed by atoms with E-state index in [1.54, 1.807) is 0 Å². The van der Waals surface area contributed by atoms with Gasteiger partial charge in [-0.3, -0.25) is 14.7 Å². The average Bonchev–Trinajstić information content (AvgIpc) is 3.01. The number of carbonyl (C=O) groups is 1. The third kappa shape index (κ3) is 3.15. The van der Waals surface area contributed by atoms with E-state index >= 15 is 0 Å². The van der Waals surface area contributed by atoms with E-state index < -0.39 is 9.84 Å². The van der Waals surface area contributed by atoms with Crippen molar-refractivity contribution in [3.8, 4) is 0 Å². The zero-order valence-electron chi connectivity index (χ0n) is 12.9. The van der Waals surface area contributed by atoms with Crippen LogP contribution in [0.15, 0.2) is 12.3 Å². The van der Waals surface area contributed by atoms with Crippen LogP contribution < -0.4 is 0 Å². The summed E-state index contributed by atoms with van der Waals surface area (Å²) in [5, 5.41) is 0. The molecular formula is C15H21N3O3S. The number of amides is 1. The van der Waals surface area contributed by atoms with Gasteiger partial charge in [0, 0.05) is 31.0 Å². The summed E-state index contributed by atoms with van der Waals surface area (Å²) in [4.78, 5) is 20.4. The second-order valence-corrected chi connectivity index (χ2v) is 8.54. The fourth-order valence-corrected chi connectivity index (χ4v) is 4.95. The lowest BCUT2D eigenvalue weighted by Crippen LogP contribution is -2.41. The Kier molecular flexibility index (Phi) is 3.94. The van der Waals surface area contributed by atoms with Crippen LogP contribution in [0.3, 0.4) is 0 Å². The highest BCUT2D eigenvalue weighted by atomic mass is 32.2. The Morgan fingerprint density at radius 1 is 1.41 bits per heavy atom. The maximum absolute atomic E-state index is 12.4. The molecule has 3 rings (SSSR count). The van der Waals surface area contributed by atoms with Gasteiger partial charge in [0.05, 0.1) is 18.1 Å². The van der Waals surface area contributed by atoms with Crippen molar-refractivity contribution in [3.63, 3.8) is 0 Å². The fraction of sp³-hybridized carbons (Fsp3) is 0.600. The predicted molar refractivity (Wildman–Crippen MR) is 82.9 cm³/mol. The zero-order valence-corrected chi connectivity index (χ0v) is 13.8. The lowest BCUT2D eigenvalue weighted by Gasteiger charge is -2.25.